The lowest BCUT2D eigenvalue weighted by Gasteiger charge is -2.25. The van der Waals surface area contributed by atoms with Gasteiger partial charge in [0.1, 0.15) is 0 Å². The third-order valence-electron chi connectivity index (χ3n) is 3.35. The van der Waals surface area contributed by atoms with Crippen LogP contribution in [0.5, 0.6) is 0 Å². The van der Waals surface area contributed by atoms with Crippen molar-refractivity contribution in [2.45, 2.75) is 24.2 Å². The number of sulfonamides is 1. The van der Waals surface area contributed by atoms with Gasteiger partial charge in [-0.1, -0.05) is 18.0 Å². The van der Waals surface area contributed by atoms with Crippen molar-refractivity contribution in [1.29, 1.82) is 0 Å². The van der Waals surface area contributed by atoms with E-state index in [4.69, 9.17) is 16.7 Å². The maximum Gasteiger partial charge on any atom is 0.252 e. The van der Waals surface area contributed by atoms with Crippen LogP contribution in [0.4, 0.5) is 0 Å². The molecule has 5 nitrogen and oxygen atoms in total. The third-order valence-corrected chi connectivity index (χ3v) is 5.50. The Bertz CT molecular complexity index is 644. The molecule has 0 radical (unpaired) electrons. The lowest BCUT2D eigenvalue weighted by atomic mass is 9.85. The molecule has 0 saturated heterocycles. The molecule has 0 unspecified atom stereocenters. The molecule has 1 aromatic rings. The normalized spacial score (nSPS) is 15.8. The average molecular weight is 382 g/mol. The number of carbonyl (C=O) groups excluding carboxylic acids is 1. The van der Waals surface area contributed by atoms with Gasteiger partial charge < -0.3 is 5.32 Å². The maximum atomic E-state index is 12.1. The molecule has 3 N–H and O–H groups in total. The molecule has 0 atom stereocenters. The Labute approximate surface area is 131 Å². The van der Waals surface area contributed by atoms with Crippen LogP contribution >= 0.6 is 27.5 Å². The molecule has 1 amide bonds. The average Bonchev–Trinajstić information content (AvgIpc) is 2.28. The van der Waals surface area contributed by atoms with Crippen LogP contribution in [0.15, 0.2) is 21.5 Å². The number of amides is 1. The molecule has 0 heterocycles. The summed E-state index contributed by atoms with van der Waals surface area (Å²) in [5.74, 6) is 0.107. The van der Waals surface area contributed by atoms with Crippen LogP contribution in [0.25, 0.3) is 0 Å². The summed E-state index contributed by atoms with van der Waals surface area (Å²) in [5.41, 5.74) is 0.101. The second-order valence-electron chi connectivity index (χ2n) is 4.82. The van der Waals surface area contributed by atoms with Gasteiger partial charge in [0, 0.05) is 11.0 Å². The van der Waals surface area contributed by atoms with E-state index in [0.29, 0.717) is 16.9 Å². The molecule has 1 aliphatic carbocycles. The zero-order chi connectivity index (χ0) is 14.9. The summed E-state index contributed by atoms with van der Waals surface area (Å²) in [6.45, 7) is 0.576. The summed E-state index contributed by atoms with van der Waals surface area (Å²) in [5, 5.41) is 8.01. The number of hydrogen-bond donors (Lipinski definition) is 2. The zero-order valence-electron chi connectivity index (χ0n) is 10.5. The van der Waals surface area contributed by atoms with Gasteiger partial charge in [-0.25, -0.2) is 13.6 Å². The molecule has 0 bridgehead atoms. The van der Waals surface area contributed by atoms with E-state index in [2.05, 4.69) is 21.2 Å². The lowest BCUT2D eigenvalue weighted by molar-refractivity contribution is 0.0939. The summed E-state index contributed by atoms with van der Waals surface area (Å²) in [6, 6.07) is 2.47. The Balaban J connectivity index is 2.24. The van der Waals surface area contributed by atoms with Crippen LogP contribution in [-0.4, -0.2) is 20.9 Å². The molecule has 110 valence electrons. The van der Waals surface area contributed by atoms with Crippen LogP contribution in [0.3, 0.4) is 0 Å². The molecule has 1 aromatic carbocycles. The predicted octanol–water partition coefficient (Wildman–Crippen LogP) is 2.28. The Morgan fingerprint density at radius 2 is 2.10 bits per heavy atom. The Morgan fingerprint density at radius 3 is 2.60 bits per heavy atom. The highest BCUT2D eigenvalue weighted by atomic mass is 79.9. The third kappa shape index (κ3) is 3.52. The summed E-state index contributed by atoms with van der Waals surface area (Å²) < 4.78 is 23.1. The lowest BCUT2D eigenvalue weighted by Crippen LogP contribution is -2.32. The van der Waals surface area contributed by atoms with Crippen LogP contribution in [-0.2, 0) is 10.0 Å². The summed E-state index contributed by atoms with van der Waals surface area (Å²) in [6.07, 6.45) is 3.40. The minimum absolute atomic E-state index is 0.101. The van der Waals surface area contributed by atoms with Gasteiger partial charge in [0.2, 0.25) is 10.0 Å². The minimum Gasteiger partial charge on any atom is -0.352 e. The van der Waals surface area contributed by atoms with Gasteiger partial charge in [-0.3, -0.25) is 4.79 Å². The fraction of sp³-hybridized carbons (Fsp3) is 0.417. The molecule has 2 rings (SSSR count). The van der Waals surface area contributed by atoms with Gasteiger partial charge in [0.15, 0.2) is 0 Å². The van der Waals surface area contributed by atoms with E-state index >= 15 is 0 Å². The SMILES string of the molecule is NS(=O)(=O)c1cc(Br)c(Cl)c(C(=O)NCC2CCC2)c1. The fourth-order valence-electron chi connectivity index (χ4n) is 1.92. The van der Waals surface area contributed by atoms with Gasteiger partial charge in [-0.15, -0.1) is 0 Å². The van der Waals surface area contributed by atoms with Crippen LogP contribution in [0, 0.1) is 5.92 Å². The van der Waals surface area contributed by atoms with Crippen molar-refractivity contribution in [3.63, 3.8) is 0 Å². The van der Waals surface area contributed by atoms with Crippen molar-refractivity contribution in [3.8, 4) is 0 Å². The smallest absolute Gasteiger partial charge is 0.252 e. The Morgan fingerprint density at radius 1 is 1.45 bits per heavy atom. The molecule has 0 aromatic heterocycles. The molecule has 1 aliphatic rings. The van der Waals surface area contributed by atoms with E-state index < -0.39 is 15.9 Å². The van der Waals surface area contributed by atoms with Crippen molar-refractivity contribution in [2.24, 2.45) is 11.1 Å². The maximum absolute atomic E-state index is 12.1. The van der Waals surface area contributed by atoms with E-state index in [9.17, 15) is 13.2 Å². The largest absolute Gasteiger partial charge is 0.352 e. The Hall–Kier alpha value is -0.630. The van der Waals surface area contributed by atoms with Gasteiger partial charge in [0.25, 0.3) is 5.91 Å². The van der Waals surface area contributed by atoms with Crippen molar-refractivity contribution in [3.05, 3.63) is 27.2 Å². The van der Waals surface area contributed by atoms with Gasteiger partial charge in [-0.2, -0.15) is 0 Å². The molecule has 1 saturated carbocycles. The van der Waals surface area contributed by atoms with Crippen molar-refractivity contribution < 1.29 is 13.2 Å². The Kier molecular flexibility index (Phi) is 4.73. The summed E-state index contributed by atoms with van der Waals surface area (Å²) in [7, 11) is -3.89. The first kappa shape index (κ1) is 15.8. The van der Waals surface area contributed by atoms with Crippen LogP contribution < -0.4 is 10.5 Å². The number of hydrogen-bond acceptors (Lipinski definition) is 3. The molecular weight excluding hydrogens is 368 g/mol. The molecule has 0 aliphatic heterocycles. The van der Waals surface area contributed by atoms with E-state index in [1.165, 1.54) is 18.6 Å². The molecule has 20 heavy (non-hydrogen) atoms. The highest BCUT2D eigenvalue weighted by molar-refractivity contribution is 9.10. The van der Waals surface area contributed by atoms with Crippen LogP contribution in [0.1, 0.15) is 29.6 Å². The second kappa shape index (κ2) is 6.01. The molecule has 0 spiro atoms. The van der Waals surface area contributed by atoms with Crippen LogP contribution in [0.2, 0.25) is 5.02 Å². The topological polar surface area (TPSA) is 89.3 Å². The van der Waals surface area contributed by atoms with Gasteiger partial charge in [-0.05, 0) is 46.8 Å². The molecular formula is C12H14BrClN2O3S. The number of nitrogens with two attached hydrogens (primary N) is 1. The highest BCUT2D eigenvalue weighted by Crippen LogP contribution is 2.30. The number of rotatable bonds is 4. The van der Waals surface area contributed by atoms with Gasteiger partial charge in [0.05, 0.1) is 15.5 Å². The number of primary sulfonamides is 1. The van der Waals surface area contributed by atoms with Crippen molar-refractivity contribution >= 4 is 43.5 Å². The minimum atomic E-state index is -3.89. The zero-order valence-corrected chi connectivity index (χ0v) is 13.7. The quantitative estimate of drug-likeness (QED) is 0.838. The van der Waals surface area contributed by atoms with E-state index in [1.807, 2.05) is 0 Å². The number of benzene rings is 1. The monoisotopic (exact) mass is 380 g/mol. The standard InChI is InChI=1S/C12H14BrClN2O3S/c13-10-5-8(20(15,18)19)4-9(11(10)14)12(17)16-6-7-2-1-3-7/h4-5,7H,1-3,6H2,(H,16,17)(H2,15,18,19). The first-order valence-corrected chi connectivity index (χ1v) is 8.81. The second-order valence-corrected chi connectivity index (χ2v) is 7.61. The summed E-state index contributed by atoms with van der Waals surface area (Å²) in [4.78, 5) is 11.9. The first-order chi connectivity index (χ1) is 9.29. The van der Waals surface area contributed by atoms with Gasteiger partial charge >= 0.3 is 0 Å². The van der Waals surface area contributed by atoms with E-state index in [1.54, 1.807) is 0 Å². The highest BCUT2D eigenvalue weighted by Gasteiger charge is 2.21. The number of halogens is 2. The van der Waals surface area contributed by atoms with Crippen molar-refractivity contribution in [1.82, 2.24) is 5.32 Å². The number of carbonyl (C=O) groups is 1. The van der Waals surface area contributed by atoms with E-state index in [-0.39, 0.29) is 15.5 Å². The van der Waals surface area contributed by atoms with E-state index in [0.717, 1.165) is 12.8 Å². The fourth-order valence-corrected chi connectivity index (χ4v) is 3.29. The summed E-state index contributed by atoms with van der Waals surface area (Å²) >= 11 is 9.16. The predicted molar refractivity (Wildman–Crippen MR) is 80.2 cm³/mol. The first-order valence-electron chi connectivity index (χ1n) is 6.09. The van der Waals surface area contributed by atoms with Crippen molar-refractivity contribution in [2.75, 3.05) is 6.54 Å². The molecule has 8 heteroatoms. The number of nitrogens with one attached hydrogen (secondary N) is 1. The molecule has 1 fully saturated rings.